The minimum absolute atomic E-state index is 0.184. The highest BCUT2D eigenvalue weighted by Gasteiger charge is 2.02. The lowest BCUT2D eigenvalue weighted by Crippen LogP contribution is -2.29. The van der Waals surface area contributed by atoms with E-state index in [1.54, 1.807) is 0 Å². The third kappa shape index (κ3) is 18.9. The molecule has 0 aromatic carbocycles. The van der Waals surface area contributed by atoms with E-state index < -0.39 is 5.97 Å². The molecule has 136 valence electrons. The van der Waals surface area contributed by atoms with Crippen molar-refractivity contribution in [3.05, 3.63) is 0 Å². The number of carboxylic acids is 1. The van der Waals surface area contributed by atoms with Crippen molar-refractivity contribution in [3.63, 3.8) is 0 Å². The van der Waals surface area contributed by atoms with Crippen LogP contribution in [0.2, 0.25) is 0 Å². The number of aliphatic carboxylic acids is 1. The Labute approximate surface area is 142 Å². The molecule has 0 aromatic heterocycles. The van der Waals surface area contributed by atoms with Gasteiger partial charge in [-0.1, -0.05) is 64.2 Å². The van der Waals surface area contributed by atoms with Crippen molar-refractivity contribution >= 4 is 11.9 Å². The van der Waals surface area contributed by atoms with E-state index in [-0.39, 0.29) is 11.9 Å². The Morgan fingerprint density at radius 3 is 1.39 bits per heavy atom. The van der Waals surface area contributed by atoms with Gasteiger partial charge in [-0.05, 0) is 26.7 Å². The lowest BCUT2D eigenvalue weighted by atomic mass is 10.0. The van der Waals surface area contributed by atoms with Crippen LogP contribution in [0.15, 0.2) is 0 Å². The average molecular weight is 328 g/mol. The molecular weight excluding hydrogens is 290 g/mol. The van der Waals surface area contributed by atoms with Crippen LogP contribution in [0.5, 0.6) is 0 Å². The van der Waals surface area contributed by atoms with E-state index in [0.717, 1.165) is 25.7 Å². The summed E-state index contributed by atoms with van der Waals surface area (Å²) in [4.78, 5) is 21.8. The van der Waals surface area contributed by atoms with Gasteiger partial charge in [0.2, 0.25) is 5.91 Å². The first-order valence-electron chi connectivity index (χ1n) is 9.53. The Kier molecular flexibility index (Phi) is 15.1. The molecule has 0 aliphatic carbocycles. The van der Waals surface area contributed by atoms with E-state index in [1.807, 2.05) is 13.8 Å². The first-order valence-corrected chi connectivity index (χ1v) is 9.53. The molecule has 0 fully saturated rings. The number of unbranched alkanes of at least 4 members (excludes halogenated alkanes) is 11. The molecule has 0 rings (SSSR count). The van der Waals surface area contributed by atoms with Gasteiger partial charge in [-0.25, -0.2) is 0 Å². The first kappa shape index (κ1) is 21.9. The normalized spacial score (nSPS) is 10.9. The first-order chi connectivity index (χ1) is 11.0. The summed E-state index contributed by atoms with van der Waals surface area (Å²) >= 11 is 0. The van der Waals surface area contributed by atoms with E-state index in [9.17, 15) is 9.59 Å². The van der Waals surface area contributed by atoms with Crippen molar-refractivity contribution in [3.8, 4) is 0 Å². The summed E-state index contributed by atoms with van der Waals surface area (Å²) in [5.41, 5.74) is 0. The zero-order valence-corrected chi connectivity index (χ0v) is 15.2. The lowest BCUT2D eigenvalue weighted by molar-refractivity contribution is -0.137. The Morgan fingerprint density at radius 2 is 1.04 bits per heavy atom. The predicted octanol–water partition coefficient (Wildman–Crippen LogP) is 5.06. The zero-order chi connectivity index (χ0) is 17.3. The molecule has 0 saturated carbocycles. The fraction of sp³-hybridized carbons (Fsp3) is 0.895. The molecule has 0 heterocycles. The fourth-order valence-electron chi connectivity index (χ4n) is 2.72. The van der Waals surface area contributed by atoms with Gasteiger partial charge in [0.15, 0.2) is 0 Å². The third-order valence-electron chi connectivity index (χ3n) is 3.99. The van der Waals surface area contributed by atoms with E-state index in [0.29, 0.717) is 12.8 Å². The van der Waals surface area contributed by atoms with Crippen LogP contribution in [0.25, 0.3) is 0 Å². The molecule has 0 aromatic rings. The van der Waals surface area contributed by atoms with Crippen LogP contribution in [-0.2, 0) is 9.59 Å². The highest BCUT2D eigenvalue weighted by atomic mass is 16.4. The van der Waals surface area contributed by atoms with Crippen LogP contribution in [0.1, 0.15) is 104 Å². The van der Waals surface area contributed by atoms with Crippen molar-refractivity contribution in [2.75, 3.05) is 0 Å². The molecule has 1 amide bonds. The predicted molar refractivity (Wildman–Crippen MR) is 95.6 cm³/mol. The SMILES string of the molecule is CC(C)NC(=O)CCCCCCCCCCCCCCC(=O)O. The molecule has 4 heteroatoms. The Bertz CT molecular complexity index is 303. The summed E-state index contributed by atoms with van der Waals surface area (Å²) in [6.45, 7) is 3.99. The van der Waals surface area contributed by atoms with Crippen molar-refractivity contribution in [1.82, 2.24) is 5.32 Å². The number of hydrogen-bond donors (Lipinski definition) is 2. The number of hydrogen-bond acceptors (Lipinski definition) is 2. The number of amides is 1. The topological polar surface area (TPSA) is 66.4 Å². The van der Waals surface area contributed by atoms with Gasteiger partial charge in [-0.2, -0.15) is 0 Å². The summed E-state index contributed by atoms with van der Waals surface area (Å²) in [5, 5.41) is 11.5. The highest BCUT2D eigenvalue weighted by molar-refractivity contribution is 5.76. The van der Waals surface area contributed by atoms with Crippen LogP contribution < -0.4 is 5.32 Å². The molecule has 0 spiro atoms. The van der Waals surface area contributed by atoms with Crippen LogP contribution in [-0.4, -0.2) is 23.0 Å². The van der Waals surface area contributed by atoms with Gasteiger partial charge >= 0.3 is 5.97 Å². The molecule has 2 N–H and O–H groups in total. The largest absolute Gasteiger partial charge is 0.481 e. The van der Waals surface area contributed by atoms with Crippen LogP contribution in [0.4, 0.5) is 0 Å². The van der Waals surface area contributed by atoms with Gasteiger partial charge in [0.1, 0.15) is 0 Å². The standard InChI is InChI=1S/C19H37NO3/c1-17(2)20-18(21)15-13-11-9-7-5-3-4-6-8-10-12-14-16-19(22)23/h17H,3-16H2,1-2H3,(H,20,21)(H,22,23). The summed E-state index contributed by atoms with van der Waals surface area (Å²) in [6.07, 6.45) is 15.2. The second kappa shape index (κ2) is 15.8. The molecule has 0 atom stereocenters. The molecule has 0 saturated heterocycles. The Balaban J connectivity index is 3.11. The molecular formula is C19H37NO3. The molecule has 0 aliphatic rings. The van der Waals surface area contributed by atoms with Crippen LogP contribution in [0, 0.1) is 0 Å². The maximum absolute atomic E-state index is 11.4. The molecule has 0 unspecified atom stereocenters. The molecule has 23 heavy (non-hydrogen) atoms. The van der Waals surface area contributed by atoms with E-state index in [1.165, 1.54) is 51.4 Å². The number of carbonyl (C=O) groups excluding carboxylic acids is 1. The second-order valence-corrected chi connectivity index (χ2v) is 6.86. The molecule has 0 radical (unpaired) electrons. The quantitative estimate of drug-likeness (QED) is 0.389. The fourth-order valence-corrected chi connectivity index (χ4v) is 2.72. The van der Waals surface area contributed by atoms with Gasteiger partial charge in [0.05, 0.1) is 0 Å². The number of rotatable bonds is 16. The van der Waals surface area contributed by atoms with Gasteiger partial charge in [0, 0.05) is 18.9 Å². The average Bonchev–Trinajstić information content (AvgIpc) is 2.46. The van der Waals surface area contributed by atoms with Crippen LogP contribution >= 0.6 is 0 Å². The minimum atomic E-state index is -0.675. The van der Waals surface area contributed by atoms with Crippen LogP contribution in [0.3, 0.4) is 0 Å². The molecule has 0 bridgehead atoms. The van der Waals surface area contributed by atoms with E-state index >= 15 is 0 Å². The summed E-state index contributed by atoms with van der Waals surface area (Å²) < 4.78 is 0. The second-order valence-electron chi connectivity index (χ2n) is 6.86. The summed E-state index contributed by atoms with van der Waals surface area (Å²) in [7, 11) is 0. The van der Waals surface area contributed by atoms with E-state index in [2.05, 4.69) is 5.32 Å². The lowest BCUT2D eigenvalue weighted by Gasteiger charge is -2.07. The van der Waals surface area contributed by atoms with Crippen molar-refractivity contribution < 1.29 is 14.7 Å². The zero-order valence-electron chi connectivity index (χ0n) is 15.2. The number of carbonyl (C=O) groups is 2. The van der Waals surface area contributed by atoms with Crippen molar-refractivity contribution in [1.29, 1.82) is 0 Å². The monoisotopic (exact) mass is 327 g/mol. The van der Waals surface area contributed by atoms with Gasteiger partial charge < -0.3 is 10.4 Å². The maximum atomic E-state index is 11.4. The molecule has 0 aliphatic heterocycles. The summed E-state index contributed by atoms with van der Waals surface area (Å²) in [5.74, 6) is -0.492. The van der Waals surface area contributed by atoms with Crippen molar-refractivity contribution in [2.45, 2.75) is 110 Å². The number of carboxylic acid groups (broad SMARTS) is 1. The summed E-state index contributed by atoms with van der Waals surface area (Å²) in [6, 6.07) is 0.250. The number of nitrogens with one attached hydrogen (secondary N) is 1. The van der Waals surface area contributed by atoms with E-state index in [4.69, 9.17) is 5.11 Å². The van der Waals surface area contributed by atoms with Gasteiger partial charge in [-0.15, -0.1) is 0 Å². The minimum Gasteiger partial charge on any atom is -0.481 e. The van der Waals surface area contributed by atoms with Crippen molar-refractivity contribution in [2.24, 2.45) is 0 Å². The maximum Gasteiger partial charge on any atom is 0.303 e. The Morgan fingerprint density at radius 1 is 0.696 bits per heavy atom. The molecule has 4 nitrogen and oxygen atoms in total. The van der Waals surface area contributed by atoms with Gasteiger partial charge in [-0.3, -0.25) is 9.59 Å². The highest BCUT2D eigenvalue weighted by Crippen LogP contribution is 2.13. The smallest absolute Gasteiger partial charge is 0.303 e. The Hall–Kier alpha value is -1.06. The van der Waals surface area contributed by atoms with Gasteiger partial charge in [0.25, 0.3) is 0 Å². The third-order valence-corrected chi connectivity index (χ3v) is 3.99.